The highest BCUT2D eigenvalue weighted by atomic mass is 19.3. The molecule has 98 valence electrons. The number of rotatable bonds is 4. The van der Waals surface area contributed by atoms with Crippen molar-refractivity contribution in [3.05, 3.63) is 60.2 Å². The summed E-state index contributed by atoms with van der Waals surface area (Å²) in [7, 11) is 1.59. The van der Waals surface area contributed by atoms with Crippen LogP contribution in [0.2, 0.25) is 0 Å². The number of anilines is 2. The summed E-state index contributed by atoms with van der Waals surface area (Å²) in [6, 6.07) is 14.1. The molecule has 0 aliphatic carbocycles. The quantitative estimate of drug-likeness (QED) is 0.863. The molecule has 0 radical (unpaired) electrons. The first-order valence-electron chi connectivity index (χ1n) is 5.72. The first-order valence-corrected chi connectivity index (χ1v) is 5.72. The minimum absolute atomic E-state index is 0.443. The third-order valence-electron chi connectivity index (χ3n) is 2.59. The molecular weight excluding hydrogens is 248 g/mol. The second-order valence-electron chi connectivity index (χ2n) is 3.87. The van der Waals surface area contributed by atoms with Crippen LogP contribution in [0.15, 0.2) is 54.6 Å². The van der Waals surface area contributed by atoms with E-state index in [1.165, 1.54) is 0 Å². The van der Waals surface area contributed by atoms with Crippen molar-refractivity contribution in [1.82, 2.24) is 0 Å². The fraction of sp³-hybridized carbons (Fsp3) is 0.0667. The summed E-state index contributed by atoms with van der Waals surface area (Å²) in [5, 5.41) is 3.10. The number of halogens is 2. The van der Waals surface area contributed by atoms with E-state index in [4.69, 9.17) is 4.74 Å². The number of ether oxygens (including phenoxy) is 1. The molecule has 1 N–H and O–H groups in total. The van der Waals surface area contributed by atoms with Crippen LogP contribution >= 0.6 is 0 Å². The molecule has 0 fully saturated rings. The average molecular weight is 261 g/mol. The molecule has 0 unspecified atom stereocenters. The van der Waals surface area contributed by atoms with E-state index in [1.54, 1.807) is 43.5 Å². The smallest absolute Gasteiger partial charge is 0.270 e. The number of para-hydroxylation sites is 1. The molecule has 2 aromatic rings. The highest BCUT2D eigenvalue weighted by Crippen LogP contribution is 2.24. The van der Waals surface area contributed by atoms with Crippen molar-refractivity contribution < 1.29 is 13.5 Å². The first-order chi connectivity index (χ1) is 9.19. The van der Waals surface area contributed by atoms with Gasteiger partial charge in [-0.15, -0.1) is 0 Å². The van der Waals surface area contributed by atoms with Gasteiger partial charge in [0, 0.05) is 23.0 Å². The molecule has 0 saturated carbocycles. The minimum atomic E-state index is -1.72. The summed E-state index contributed by atoms with van der Waals surface area (Å²) in [4.78, 5) is 0. The SMILES string of the molecule is COc1ccc(Nc2ccccc2C=C(F)F)cc1. The van der Waals surface area contributed by atoms with Gasteiger partial charge in [-0.05, 0) is 30.3 Å². The van der Waals surface area contributed by atoms with Crippen LogP contribution in [0.3, 0.4) is 0 Å². The summed E-state index contributed by atoms with van der Waals surface area (Å²) >= 11 is 0. The number of benzene rings is 2. The maximum atomic E-state index is 12.4. The van der Waals surface area contributed by atoms with Crippen LogP contribution in [0.25, 0.3) is 6.08 Å². The van der Waals surface area contributed by atoms with Crippen LogP contribution in [0.5, 0.6) is 5.75 Å². The summed E-state index contributed by atoms with van der Waals surface area (Å²) < 4.78 is 29.8. The Balaban J connectivity index is 2.25. The van der Waals surface area contributed by atoms with Gasteiger partial charge in [0.2, 0.25) is 0 Å². The standard InChI is InChI=1S/C15H13F2NO/c1-19-13-8-6-12(7-9-13)18-14-5-3-2-4-11(14)10-15(16)17/h2-10,18H,1H3. The molecule has 4 heteroatoms. The zero-order valence-electron chi connectivity index (χ0n) is 10.4. The fourth-order valence-corrected chi connectivity index (χ4v) is 1.68. The Morgan fingerprint density at radius 3 is 2.37 bits per heavy atom. The molecule has 0 saturated heterocycles. The Hall–Kier alpha value is -2.36. The van der Waals surface area contributed by atoms with Gasteiger partial charge in [0.15, 0.2) is 0 Å². The van der Waals surface area contributed by atoms with Gasteiger partial charge >= 0.3 is 0 Å². The molecule has 19 heavy (non-hydrogen) atoms. The second-order valence-corrected chi connectivity index (χ2v) is 3.87. The van der Waals surface area contributed by atoms with E-state index in [-0.39, 0.29) is 0 Å². The lowest BCUT2D eigenvalue weighted by Gasteiger charge is -2.10. The van der Waals surface area contributed by atoms with Crippen molar-refractivity contribution in [2.24, 2.45) is 0 Å². The molecule has 0 heterocycles. The van der Waals surface area contributed by atoms with Gasteiger partial charge in [0.05, 0.1) is 7.11 Å². The van der Waals surface area contributed by atoms with Crippen molar-refractivity contribution in [3.63, 3.8) is 0 Å². The molecule has 2 aromatic carbocycles. The zero-order chi connectivity index (χ0) is 13.7. The van der Waals surface area contributed by atoms with Crippen molar-refractivity contribution in [3.8, 4) is 5.75 Å². The lowest BCUT2D eigenvalue weighted by atomic mass is 10.1. The van der Waals surface area contributed by atoms with Crippen LogP contribution in [0.4, 0.5) is 20.2 Å². The summed E-state index contributed by atoms with van der Waals surface area (Å²) in [5.74, 6) is 0.744. The van der Waals surface area contributed by atoms with Gasteiger partial charge in [-0.25, -0.2) is 0 Å². The monoisotopic (exact) mass is 261 g/mol. The third-order valence-corrected chi connectivity index (χ3v) is 2.59. The van der Waals surface area contributed by atoms with Gasteiger partial charge < -0.3 is 10.1 Å². The number of nitrogens with one attached hydrogen (secondary N) is 1. The molecule has 0 aromatic heterocycles. The van der Waals surface area contributed by atoms with E-state index < -0.39 is 6.08 Å². The lowest BCUT2D eigenvalue weighted by Crippen LogP contribution is -1.93. The van der Waals surface area contributed by atoms with Crippen LogP contribution in [-0.2, 0) is 0 Å². The highest BCUT2D eigenvalue weighted by Gasteiger charge is 2.02. The summed E-state index contributed by atoms with van der Waals surface area (Å²) in [6.07, 6.45) is -0.879. The van der Waals surface area contributed by atoms with Crippen LogP contribution in [-0.4, -0.2) is 7.11 Å². The Morgan fingerprint density at radius 2 is 1.74 bits per heavy atom. The molecule has 0 aliphatic heterocycles. The number of hydrogen-bond donors (Lipinski definition) is 1. The van der Waals surface area contributed by atoms with Crippen LogP contribution in [0, 0.1) is 0 Å². The van der Waals surface area contributed by atoms with E-state index in [2.05, 4.69) is 5.32 Å². The Morgan fingerprint density at radius 1 is 1.05 bits per heavy atom. The normalized spacial score (nSPS) is 9.84. The maximum Gasteiger partial charge on any atom is 0.270 e. The molecule has 0 spiro atoms. The zero-order valence-corrected chi connectivity index (χ0v) is 10.4. The number of methoxy groups -OCH3 is 1. The van der Waals surface area contributed by atoms with E-state index in [9.17, 15) is 8.78 Å². The highest BCUT2D eigenvalue weighted by molar-refractivity contribution is 5.72. The van der Waals surface area contributed by atoms with Crippen LogP contribution < -0.4 is 10.1 Å². The van der Waals surface area contributed by atoms with Gasteiger partial charge in [-0.2, -0.15) is 8.78 Å². The molecule has 2 nitrogen and oxygen atoms in total. The predicted octanol–water partition coefficient (Wildman–Crippen LogP) is 4.68. The van der Waals surface area contributed by atoms with Crippen molar-refractivity contribution in [2.45, 2.75) is 0 Å². The average Bonchev–Trinajstić information content (AvgIpc) is 2.41. The van der Waals surface area contributed by atoms with Gasteiger partial charge in [-0.1, -0.05) is 18.2 Å². The van der Waals surface area contributed by atoms with Gasteiger partial charge in [0.25, 0.3) is 6.08 Å². The molecule has 0 amide bonds. The molecule has 0 aliphatic rings. The Bertz CT molecular complexity index is 575. The fourth-order valence-electron chi connectivity index (χ4n) is 1.68. The van der Waals surface area contributed by atoms with E-state index >= 15 is 0 Å². The van der Waals surface area contributed by atoms with E-state index in [0.29, 0.717) is 11.3 Å². The molecule has 0 bridgehead atoms. The topological polar surface area (TPSA) is 21.3 Å². The van der Waals surface area contributed by atoms with Gasteiger partial charge in [-0.3, -0.25) is 0 Å². The van der Waals surface area contributed by atoms with Crippen molar-refractivity contribution >= 4 is 17.5 Å². The minimum Gasteiger partial charge on any atom is -0.497 e. The van der Waals surface area contributed by atoms with E-state index in [0.717, 1.165) is 17.5 Å². The lowest BCUT2D eigenvalue weighted by molar-refractivity contribution is 0.415. The van der Waals surface area contributed by atoms with Crippen LogP contribution in [0.1, 0.15) is 5.56 Å². The Kier molecular flexibility index (Phi) is 4.13. The maximum absolute atomic E-state index is 12.4. The first kappa shape index (κ1) is 13.1. The third kappa shape index (κ3) is 3.55. The van der Waals surface area contributed by atoms with Crippen molar-refractivity contribution in [1.29, 1.82) is 0 Å². The van der Waals surface area contributed by atoms with E-state index in [1.807, 2.05) is 12.1 Å². The second kappa shape index (κ2) is 6.00. The van der Waals surface area contributed by atoms with Gasteiger partial charge in [0.1, 0.15) is 5.75 Å². The Labute approximate surface area is 110 Å². The predicted molar refractivity (Wildman–Crippen MR) is 72.9 cm³/mol. The summed E-state index contributed by atoms with van der Waals surface area (Å²) in [5.41, 5.74) is 1.87. The summed E-state index contributed by atoms with van der Waals surface area (Å²) in [6.45, 7) is 0. The number of hydrogen-bond acceptors (Lipinski definition) is 2. The van der Waals surface area contributed by atoms with Crippen molar-refractivity contribution in [2.75, 3.05) is 12.4 Å². The molecule has 0 atom stereocenters. The largest absolute Gasteiger partial charge is 0.497 e. The molecule has 2 rings (SSSR count). The molecular formula is C15H13F2NO.